The Balaban J connectivity index is 2.00. The van der Waals surface area contributed by atoms with Gasteiger partial charge in [0, 0.05) is 11.3 Å². The molecule has 1 unspecified atom stereocenters. The summed E-state index contributed by atoms with van der Waals surface area (Å²) >= 11 is 13.3. The summed E-state index contributed by atoms with van der Waals surface area (Å²) in [6.45, 7) is 0. The Kier molecular flexibility index (Phi) is 3.26. The normalized spacial score (nSPS) is 18.9. The molecule has 2 aromatic rings. The van der Waals surface area contributed by atoms with Crippen LogP contribution in [-0.4, -0.2) is 15.2 Å². The first kappa shape index (κ1) is 12.3. The van der Waals surface area contributed by atoms with Crippen LogP contribution in [0.15, 0.2) is 6.33 Å². The van der Waals surface area contributed by atoms with Crippen molar-refractivity contribution in [2.45, 2.75) is 25.7 Å². The number of fused-ring (bicyclic) bond motifs is 3. The number of aromatic nitrogens is 2. The number of halogens is 2. The molecule has 0 bridgehead atoms. The first-order valence-corrected chi connectivity index (χ1v) is 7.31. The van der Waals surface area contributed by atoms with Crippen LogP contribution in [0.1, 0.15) is 23.3 Å². The Morgan fingerprint density at radius 2 is 2.33 bits per heavy atom. The lowest BCUT2D eigenvalue weighted by atomic mass is 9.86. The summed E-state index contributed by atoms with van der Waals surface area (Å²) in [5.74, 6) is 0.349. The summed E-state index contributed by atoms with van der Waals surface area (Å²) in [6, 6.07) is 0. The lowest BCUT2D eigenvalue weighted by Crippen LogP contribution is -2.14. The van der Waals surface area contributed by atoms with Gasteiger partial charge in [0.1, 0.15) is 16.3 Å². The fraction of sp³-hybridized carbons (Fsp3) is 0.417. The highest BCUT2D eigenvalue weighted by molar-refractivity contribution is 7.19. The molecule has 0 amide bonds. The van der Waals surface area contributed by atoms with Gasteiger partial charge in [-0.1, -0.05) is 11.6 Å². The highest BCUT2D eigenvalue weighted by Crippen LogP contribution is 2.40. The van der Waals surface area contributed by atoms with Crippen LogP contribution in [0.25, 0.3) is 10.2 Å². The molecule has 3 nitrogen and oxygen atoms in total. The number of thiophene rings is 1. The lowest BCUT2D eigenvalue weighted by molar-refractivity contribution is -0.112. The van der Waals surface area contributed by atoms with Gasteiger partial charge in [0.2, 0.25) is 5.24 Å². The second-order valence-corrected chi connectivity index (χ2v) is 6.38. The maximum absolute atomic E-state index is 11.0. The molecule has 2 aromatic heterocycles. The molecule has 0 aliphatic heterocycles. The van der Waals surface area contributed by atoms with Crippen LogP contribution >= 0.6 is 34.5 Å². The zero-order chi connectivity index (χ0) is 12.7. The minimum absolute atomic E-state index is 0.248. The number of carbonyl (C=O) groups is 1. The first-order chi connectivity index (χ1) is 8.65. The quantitative estimate of drug-likeness (QED) is 0.628. The topological polar surface area (TPSA) is 42.9 Å². The lowest BCUT2D eigenvalue weighted by Gasteiger charge is -2.20. The molecule has 0 saturated carbocycles. The standard InChI is InChI=1S/C12H10Cl2N2OS/c13-9(17)4-6-1-2-7-8(3-6)18-12-10(7)11(14)15-5-16-12/h5-6H,1-4H2. The third kappa shape index (κ3) is 2.13. The van der Waals surface area contributed by atoms with Gasteiger partial charge in [0.05, 0.1) is 5.39 Å². The summed E-state index contributed by atoms with van der Waals surface area (Å²) in [4.78, 5) is 21.5. The maximum atomic E-state index is 11.0. The molecular weight excluding hydrogens is 291 g/mol. The van der Waals surface area contributed by atoms with Gasteiger partial charge >= 0.3 is 0 Å². The number of hydrogen-bond donors (Lipinski definition) is 0. The predicted octanol–water partition coefficient (Wildman–Crippen LogP) is 3.61. The highest BCUT2D eigenvalue weighted by Gasteiger charge is 2.25. The van der Waals surface area contributed by atoms with Crippen molar-refractivity contribution >= 4 is 50.0 Å². The van der Waals surface area contributed by atoms with E-state index in [0.29, 0.717) is 17.5 Å². The van der Waals surface area contributed by atoms with E-state index in [1.54, 1.807) is 11.3 Å². The average molecular weight is 301 g/mol. The van der Waals surface area contributed by atoms with Crippen LogP contribution in [0, 0.1) is 5.92 Å². The second kappa shape index (κ2) is 4.76. The molecular formula is C12H10Cl2N2OS. The molecule has 0 spiro atoms. The smallest absolute Gasteiger partial charge is 0.221 e. The van der Waals surface area contributed by atoms with E-state index in [4.69, 9.17) is 23.2 Å². The summed E-state index contributed by atoms with van der Waals surface area (Å²) in [6.07, 6.45) is 4.74. The Morgan fingerprint density at radius 1 is 1.50 bits per heavy atom. The number of aryl methyl sites for hydroxylation is 1. The van der Waals surface area contributed by atoms with E-state index in [1.165, 1.54) is 16.8 Å². The van der Waals surface area contributed by atoms with Crippen molar-refractivity contribution in [1.82, 2.24) is 9.97 Å². The molecule has 1 aliphatic rings. The van der Waals surface area contributed by atoms with Crippen molar-refractivity contribution < 1.29 is 4.79 Å². The third-order valence-corrected chi connectivity index (χ3v) is 4.95. The van der Waals surface area contributed by atoms with Gasteiger partial charge in [0.25, 0.3) is 0 Å². The summed E-state index contributed by atoms with van der Waals surface area (Å²) in [5.41, 5.74) is 1.26. The molecule has 0 saturated heterocycles. The summed E-state index contributed by atoms with van der Waals surface area (Å²) in [7, 11) is 0. The molecule has 18 heavy (non-hydrogen) atoms. The van der Waals surface area contributed by atoms with E-state index in [-0.39, 0.29) is 5.24 Å². The van der Waals surface area contributed by atoms with Gasteiger partial charge in [-0.05, 0) is 42.3 Å². The average Bonchev–Trinajstić information content (AvgIpc) is 2.66. The molecule has 1 aliphatic carbocycles. The minimum Gasteiger partial charge on any atom is -0.281 e. The van der Waals surface area contributed by atoms with E-state index in [1.807, 2.05) is 0 Å². The molecule has 94 valence electrons. The van der Waals surface area contributed by atoms with Crippen molar-refractivity contribution in [3.05, 3.63) is 21.9 Å². The van der Waals surface area contributed by atoms with Crippen molar-refractivity contribution in [2.75, 3.05) is 0 Å². The Labute approximate surface area is 118 Å². The third-order valence-electron chi connectivity index (χ3n) is 3.35. The summed E-state index contributed by atoms with van der Waals surface area (Å²) in [5, 5.41) is 1.28. The van der Waals surface area contributed by atoms with Crippen LogP contribution in [0.2, 0.25) is 5.15 Å². The molecule has 3 rings (SSSR count). The highest BCUT2D eigenvalue weighted by atomic mass is 35.5. The predicted molar refractivity (Wildman–Crippen MR) is 73.4 cm³/mol. The molecule has 6 heteroatoms. The van der Waals surface area contributed by atoms with Crippen molar-refractivity contribution in [1.29, 1.82) is 0 Å². The fourth-order valence-corrected chi connectivity index (χ4v) is 4.36. The molecule has 2 heterocycles. The van der Waals surface area contributed by atoms with Crippen LogP contribution in [0.4, 0.5) is 0 Å². The van der Waals surface area contributed by atoms with Crippen LogP contribution in [-0.2, 0) is 17.6 Å². The number of nitrogens with zero attached hydrogens (tertiary/aromatic N) is 2. The molecule has 0 radical (unpaired) electrons. The van der Waals surface area contributed by atoms with Crippen molar-refractivity contribution in [2.24, 2.45) is 5.92 Å². The minimum atomic E-state index is -0.248. The monoisotopic (exact) mass is 300 g/mol. The Morgan fingerprint density at radius 3 is 3.11 bits per heavy atom. The Bertz CT molecular complexity index is 626. The van der Waals surface area contributed by atoms with Crippen LogP contribution in [0.3, 0.4) is 0 Å². The van der Waals surface area contributed by atoms with Gasteiger partial charge in [-0.25, -0.2) is 9.97 Å². The van der Waals surface area contributed by atoms with E-state index in [2.05, 4.69) is 9.97 Å². The second-order valence-electron chi connectivity index (χ2n) is 4.52. The first-order valence-electron chi connectivity index (χ1n) is 5.74. The number of rotatable bonds is 2. The van der Waals surface area contributed by atoms with Crippen LogP contribution < -0.4 is 0 Å². The van der Waals surface area contributed by atoms with Gasteiger partial charge < -0.3 is 0 Å². The van der Waals surface area contributed by atoms with Crippen molar-refractivity contribution in [3.8, 4) is 0 Å². The van der Waals surface area contributed by atoms with E-state index < -0.39 is 0 Å². The van der Waals surface area contributed by atoms with Gasteiger partial charge in [-0.15, -0.1) is 11.3 Å². The van der Waals surface area contributed by atoms with E-state index >= 15 is 0 Å². The molecule has 1 atom stereocenters. The number of hydrogen-bond acceptors (Lipinski definition) is 4. The zero-order valence-electron chi connectivity index (χ0n) is 9.45. The van der Waals surface area contributed by atoms with E-state index in [0.717, 1.165) is 29.5 Å². The Hall–Kier alpha value is -0.710. The number of carbonyl (C=O) groups excluding carboxylic acids is 1. The fourth-order valence-electron chi connectivity index (χ4n) is 2.54. The van der Waals surface area contributed by atoms with Gasteiger partial charge in [0.15, 0.2) is 0 Å². The van der Waals surface area contributed by atoms with E-state index in [9.17, 15) is 4.79 Å². The SMILES string of the molecule is O=C(Cl)CC1CCc2c(sc3ncnc(Cl)c23)C1. The van der Waals surface area contributed by atoms with Gasteiger partial charge in [-0.2, -0.15) is 0 Å². The molecule has 0 aromatic carbocycles. The maximum Gasteiger partial charge on any atom is 0.221 e. The largest absolute Gasteiger partial charge is 0.281 e. The van der Waals surface area contributed by atoms with Gasteiger partial charge in [-0.3, -0.25) is 4.79 Å². The zero-order valence-corrected chi connectivity index (χ0v) is 11.8. The summed E-state index contributed by atoms with van der Waals surface area (Å²) < 4.78 is 0. The van der Waals surface area contributed by atoms with Crippen LogP contribution in [0.5, 0.6) is 0 Å². The molecule has 0 fully saturated rings. The van der Waals surface area contributed by atoms with Crippen molar-refractivity contribution in [3.63, 3.8) is 0 Å². The molecule has 0 N–H and O–H groups in total.